The van der Waals surface area contributed by atoms with E-state index < -0.39 is 17.3 Å². The van der Waals surface area contributed by atoms with Crippen molar-refractivity contribution in [2.75, 3.05) is 18.5 Å². The molecule has 9 heteroatoms. The molecule has 1 aromatic carbocycles. The smallest absolute Gasteiger partial charge is 0.274 e. The Labute approximate surface area is 177 Å². The molecule has 3 heterocycles. The number of amidine groups is 1. The summed E-state index contributed by atoms with van der Waals surface area (Å²) in [6.07, 6.45) is 2.07. The van der Waals surface area contributed by atoms with Crippen molar-refractivity contribution in [1.82, 2.24) is 4.98 Å². The molecule has 7 nitrogen and oxygen atoms in total. The largest absolute Gasteiger partial charge is 0.379 e. The molecular weight excluding hydrogens is 405 g/mol. The Morgan fingerprint density at radius 1 is 1.43 bits per heavy atom. The number of anilines is 1. The van der Waals surface area contributed by atoms with Gasteiger partial charge in [-0.2, -0.15) is 5.26 Å². The van der Waals surface area contributed by atoms with Crippen LogP contribution in [0.4, 0.5) is 10.1 Å². The third-order valence-electron chi connectivity index (χ3n) is 5.51. The van der Waals surface area contributed by atoms with Crippen molar-refractivity contribution in [3.05, 3.63) is 59.2 Å². The minimum Gasteiger partial charge on any atom is -0.379 e. The lowest BCUT2D eigenvalue weighted by Gasteiger charge is -2.46. The van der Waals surface area contributed by atoms with Gasteiger partial charge in [0.1, 0.15) is 23.1 Å². The van der Waals surface area contributed by atoms with E-state index >= 15 is 0 Å². The summed E-state index contributed by atoms with van der Waals surface area (Å²) in [5, 5.41) is 12.2. The highest BCUT2D eigenvalue weighted by molar-refractivity contribution is 8.14. The molecule has 0 radical (unpaired) electrons. The van der Waals surface area contributed by atoms with E-state index in [4.69, 9.17) is 15.7 Å². The SMILES string of the molecule is CC1SC(N)=N[C@@]2(c3cc(NC(=O)c4ccc(C#N)cn4)ccc3F)COCC[C@@H]12. The number of ether oxygens (including phenoxy) is 1. The summed E-state index contributed by atoms with van der Waals surface area (Å²) >= 11 is 1.49. The van der Waals surface area contributed by atoms with Crippen LogP contribution in [0.5, 0.6) is 0 Å². The molecular formula is C21H20FN5O2S. The Morgan fingerprint density at radius 3 is 3.00 bits per heavy atom. The van der Waals surface area contributed by atoms with Gasteiger partial charge < -0.3 is 15.8 Å². The van der Waals surface area contributed by atoms with Crippen molar-refractivity contribution >= 4 is 28.5 Å². The van der Waals surface area contributed by atoms with Crippen LogP contribution in [0.2, 0.25) is 0 Å². The number of hydrogen-bond acceptors (Lipinski definition) is 7. The second-order valence-corrected chi connectivity index (χ2v) is 8.74. The normalized spacial score (nSPS) is 25.6. The van der Waals surface area contributed by atoms with Gasteiger partial charge in [0.05, 0.1) is 12.2 Å². The maximum Gasteiger partial charge on any atom is 0.274 e. The Bertz CT molecular complexity index is 1050. The molecule has 1 saturated heterocycles. The van der Waals surface area contributed by atoms with E-state index in [2.05, 4.69) is 22.2 Å². The number of benzene rings is 1. The lowest BCUT2D eigenvalue weighted by molar-refractivity contribution is -0.00417. The van der Waals surface area contributed by atoms with Crippen molar-refractivity contribution in [2.45, 2.75) is 24.1 Å². The number of fused-ring (bicyclic) bond motifs is 1. The summed E-state index contributed by atoms with van der Waals surface area (Å²) in [6.45, 7) is 2.89. The average Bonchev–Trinajstić information content (AvgIpc) is 2.74. The van der Waals surface area contributed by atoms with Crippen molar-refractivity contribution in [3.8, 4) is 6.07 Å². The molecule has 4 rings (SSSR count). The Morgan fingerprint density at radius 2 is 2.27 bits per heavy atom. The zero-order valence-corrected chi connectivity index (χ0v) is 17.1. The number of carbonyl (C=O) groups is 1. The highest BCUT2D eigenvalue weighted by atomic mass is 32.2. The number of nitrogens with one attached hydrogen (secondary N) is 1. The standard InChI is InChI=1S/C21H20FN5O2S/c1-12-15-6-7-29-11-21(15,27-20(24)30-12)16-8-14(3-4-17(16)22)26-19(28)18-5-2-13(9-23)10-25-18/h2-5,8,10,12,15H,6-7,11H2,1H3,(H2,24,27)(H,26,28)/t12?,15-,21-/m0/s1. The van der Waals surface area contributed by atoms with Gasteiger partial charge in [-0.25, -0.2) is 14.4 Å². The number of aromatic nitrogens is 1. The van der Waals surface area contributed by atoms with Crippen LogP contribution in [0.25, 0.3) is 0 Å². The number of aliphatic imine (C=N–C) groups is 1. The Kier molecular flexibility index (Phi) is 5.45. The van der Waals surface area contributed by atoms with Gasteiger partial charge in [0.15, 0.2) is 5.17 Å². The Hall–Kier alpha value is -2.96. The Balaban J connectivity index is 1.68. The fourth-order valence-electron chi connectivity index (χ4n) is 4.08. The van der Waals surface area contributed by atoms with Gasteiger partial charge in [-0.05, 0) is 36.8 Å². The summed E-state index contributed by atoms with van der Waals surface area (Å²) in [7, 11) is 0. The molecule has 0 saturated carbocycles. The molecule has 0 aliphatic carbocycles. The third-order valence-corrected chi connectivity index (χ3v) is 6.54. The average molecular weight is 425 g/mol. The zero-order valence-electron chi connectivity index (χ0n) is 16.3. The van der Waals surface area contributed by atoms with E-state index in [1.165, 1.54) is 42.2 Å². The fourth-order valence-corrected chi connectivity index (χ4v) is 5.20. The number of rotatable bonds is 3. The van der Waals surface area contributed by atoms with E-state index in [9.17, 15) is 9.18 Å². The number of thioether (sulfide) groups is 1. The first-order chi connectivity index (χ1) is 14.4. The summed E-state index contributed by atoms with van der Waals surface area (Å²) in [4.78, 5) is 21.2. The zero-order chi connectivity index (χ0) is 21.3. The maximum atomic E-state index is 15.0. The first-order valence-corrected chi connectivity index (χ1v) is 10.4. The highest BCUT2D eigenvalue weighted by Gasteiger charge is 2.50. The number of nitrogens with two attached hydrogens (primary N) is 1. The predicted molar refractivity (Wildman–Crippen MR) is 113 cm³/mol. The number of nitrogens with zero attached hydrogens (tertiary/aromatic N) is 3. The van der Waals surface area contributed by atoms with Gasteiger partial charge in [0, 0.05) is 35.2 Å². The number of halogens is 1. The van der Waals surface area contributed by atoms with Gasteiger partial charge in [-0.1, -0.05) is 18.7 Å². The molecule has 0 bridgehead atoms. The molecule has 1 unspecified atom stereocenters. The molecule has 154 valence electrons. The molecule has 3 atom stereocenters. The molecule has 2 aliphatic rings. The van der Waals surface area contributed by atoms with Crippen molar-refractivity contribution in [1.29, 1.82) is 5.26 Å². The van der Waals surface area contributed by atoms with Crippen molar-refractivity contribution in [3.63, 3.8) is 0 Å². The monoisotopic (exact) mass is 425 g/mol. The molecule has 1 amide bonds. The van der Waals surface area contributed by atoms with E-state index in [1.54, 1.807) is 6.07 Å². The number of amides is 1. The molecule has 2 aliphatic heterocycles. The van der Waals surface area contributed by atoms with Crippen LogP contribution in [0.3, 0.4) is 0 Å². The van der Waals surface area contributed by atoms with Gasteiger partial charge in [0.25, 0.3) is 5.91 Å². The first-order valence-electron chi connectivity index (χ1n) is 9.50. The lowest BCUT2D eigenvalue weighted by atomic mass is 9.74. The summed E-state index contributed by atoms with van der Waals surface area (Å²) in [6, 6.07) is 9.33. The molecule has 30 heavy (non-hydrogen) atoms. The van der Waals surface area contributed by atoms with Crippen LogP contribution in [-0.4, -0.2) is 34.5 Å². The van der Waals surface area contributed by atoms with Crippen molar-refractivity contribution < 1.29 is 13.9 Å². The molecule has 0 spiro atoms. The van der Waals surface area contributed by atoms with Gasteiger partial charge in [0.2, 0.25) is 0 Å². The highest BCUT2D eigenvalue weighted by Crippen LogP contribution is 2.48. The van der Waals surface area contributed by atoms with E-state index in [0.29, 0.717) is 28.6 Å². The van der Waals surface area contributed by atoms with E-state index in [-0.39, 0.29) is 23.5 Å². The fraction of sp³-hybridized carbons (Fsp3) is 0.333. The molecule has 2 aromatic rings. The second-order valence-electron chi connectivity index (χ2n) is 7.34. The van der Waals surface area contributed by atoms with Crippen LogP contribution in [0.1, 0.15) is 35.0 Å². The third kappa shape index (κ3) is 3.64. The predicted octanol–water partition coefficient (Wildman–Crippen LogP) is 3.03. The summed E-state index contributed by atoms with van der Waals surface area (Å²) in [5.41, 5.74) is 6.42. The number of hydrogen-bond donors (Lipinski definition) is 2. The minimum atomic E-state index is -0.926. The van der Waals surface area contributed by atoms with Gasteiger partial charge in [-0.3, -0.25) is 4.79 Å². The van der Waals surface area contributed by atoms with Crippen LogP contribution in [0, 0.1) is 23.1 Å². The van der Waals surface area contributed by atoms with Crippen LogP contribution in [0.15, 0.2) is 41.5 Å². The topological polar surface area (TPSA) is 113 Å². The molecule has 1 fully saturated rings. The van der Waals surface area contributed by atoms with Crippen LogP contribution >= 0.6 is 11.8 Å². The van der Waals surface area contributed by atoms with E-state index in [0.717, 1.165) is 6.42 Å². The van der Waals surface area contributed by atoms with Crippen LogP contribution in [-0.2, 0) is 10.3 Å². The maximum absolute atomic E-state index is 15.0. The van der Waals surface area contributed by atoms with Crippen molar-refractivity contribution in [2.24, 2.45) is 16.6 Å². The van der Waals surface area contributed by atoms with Crippen LogP contribution < -0.4 is 11.1 Å². The summed E-state index contributed by atoms with van der Waals surface area (Å²) < 4.78 is 20.7. The van der Waals surface area contributed by atoms with E-state index in [1.807, 2.05) is 6.07 Å². The second kappa shape index (κ2) is 8.05. The lowest BCUT2D eigenvalue weighted by Crippen LogP contribution is -2.50. The number of pyridine rings is 1. The quantitative estimate of drug-likeness (QED) is 0.781. The molecule has 3 N–H and O–H groups in total. The minimum absolute atomic E-state index is 0.0594. The van der Waals surface area contributed by atoms with Gasteiger partial charge in [-0.15, -0.1) is 0 Å². The number of carbonyl (C=O) groups excluding carboxylic acids is 1. The summed E-state index contributed by atoms with van der Waals surface area (Å²) in [5.74, 6) is -0.818. The van der Waals surface area contributed by atoms with Gasteiger partial charge >= 0.3 is 0 Å². The molecule has 1 aromatic heterocycles. The number of nitriles is 1. The first kappa shape index (κ1) is 20.3.